The van der Waals surface area contributed by atoms with E-state index >= 15 is 0 Å². The number of carbonyl (C=O) groups is 2. The minimum atomic E-state index is -1.07. The quantitative estimate of drug-likeness (QED) is 0.554. The molecule has 164 valence electrons. The summed E-state index contributed by atoms with van der Waals surface area (Å²) in [5.74, 6) is -0.649. The van der Waals surface area contributed by atoms with E-state index in [1.165, 1.54) is 0 Å². The molecular formula is C25H23NO6. The van der Waals surface area contributed by atoms with Crippen molar-refractivity contribution in [1.82, 2.24) is 5.06 Å². The van der Waals surface area contributed by atoms with Crippen molar-refractivity contribution in [2.75, 3.05) is 13.2 Å². The summed E-state index contributed by atoms with van der Waals surface area (Å²) in [6, 6.07) is 24.0. The maximum Gasteiger partial charge on any atom is 0.528 e. The molecule has 7 heteroatoms. The van der Waals surface area contributed by atoms with Crippen LogP contribution in [0.15, 0.2) is 78.9 Å². The average Bonchev–Trinajstić information content (AvgIpc) is 2.82. The maximum atomic E-state index is 12.5. The molecular weight excluding hydrogens is 410 g/mol. The third-order valence-electron chi connectivity index (χ3n) is 5.20. The van der Waals surface area contributed by atoms with E-state index in [1.54, 1.807) is 17.2 Å². The number of hydrogen-bond acceptors (Lipinski definition) is 6. The van der Waals surface area contributed by atoms with Crippen LogP contribution in [0.2, 0.25) is 0 Å². The van der Waals surface area contributed by atoms with Crippen LogP contribution < -0.4 is 4.74 Å². The molecule has 0 aromatic heterocycles. The summed E-state index contributed by atoms with van der Waals surface area (Å²) < 4.78 is 10.8. The number of carboxylic acids is 1. The first-order valence-electron chi connectivity index (χ1n) is 10.3. The van der Waals surface area contributed by atoms with Crippen LogP contribution in [0.5, 0.6) is 5.75 Å². The molecule has 0 saturated carbocycles. The van der Waals surface area contributed by atoms with Gasteiger partial charge in [-0.3, -0.25) is 0 Å². The molecule has 0 amide bonds. The number of ether oxygens (including phenoxy) is 2. The molecule has 0 saturated heterocycles. The number of hydroxylamine groups is 2. The number of para-hydroxylation sites is 1. The highest BCUT2D eigenvalue weighted by molar-refractivity contribution is 5.68. The number of carboxylic acid groups (broad SMARTS) is 1. The van der Waals surface area contributed by atoms with Crippen molar-refractivity contribution >= 4 is 12.1 Å². The molecule has 3 aromatic rings. The minimum Gasteiger partial charge on any atom is -0.482 e. The van der Waals surface area contributed by atoms with Gasteiger partial charge >= 0.3 is 12.1 Å². The fraction of sp³-hybridized carbons (Fsp3) is 0.200. The van der Waals surface area contributed by atoms with E-state index in [9.17, 15) is 9.59 Å². The summed E-state index contributed by atoms with van der Waals surface area (Å²) in [7, 11) is 0. The van der Waals surface area contributed by atoms with E-state index in [0.29, 0.717) is 24.3 Å². The second-order valence-corrected chi connectivity index (χ2v) is 7.33. The number of benzene rings is 3. The van der Waals surface area contributed by atoms with E-state index in [-0.39, 0.29) is 6.61 Å². The lowest BCUT2D eigenvalue weighted by molar-refractivity contribution is -0.152. The molecule has 1 heterocycles. The van der Waals surface area contributed by atoms with Gasteiger partial charge in [0.15, 0.2) is 6.61 Å². The third-order valence-corrected chi connectivity index (χ3v) is 5.20. The molecule has 1 N–H and O–H groups in total. The van der Waals surface area contributed by atoms with E-state index in [4.69, 9.17) is 19.4 Å². The summed E-state index contributed by atoms with van der Waals surface area (Å²) in [5, 5.41) is 10.6. The summed E-state index contributed by atoms with van der Waals surface area (Å²) in [4.78, 5) is 29.1. The van der Waals surface area contributed by atoms with Gasteiger partial charge < -0.3 is 19.4 Å². The normalized spacial score (nSPS) is 15.4. The molecule has 7 nitrogen and oxygen atoms in total. The van der Waals surface area contributed by atoms with Gasteiger partial charge in [0.1, 0.15) is 12.4 Å². The molecule has 1 aliphatic heterocycles. The standard InChI is InChI=1S/C25H23NO6/c27-23(28)17-30-22-13-7-6-12-21(22)24-20-11-5-4-10-19(20)14-15-26(24)32-25(29)31-16-18-8-2-1-3-9-18/h1-13,24H,14-17H2,(H,27,28). The largest absolute Gasteiger partial charge is 0.528 e. The molecule has 1 atom stereocenters. The lowest BCUT2D eigenvalue weighted by Crippen LogP contribution is -2.38. The van der Waals surface area contributed by atoms with Crippen molar-refractivity contribution in [1.29, 1.82) is 0 Å². The summed E-state index contributed by atoms with van der Waals surface area (Å²) in [6.07, 6.45) is -0.112. The summed E-state index contributed by atoms with van der Waals surface area (Å²) >= 11 is 0. The fourth-order valence-corrected chi connectivity index (χ4v) is 3.78. The molecule has 0 spiro atoms. The van der Waals surface area contributed by atoms with Crippen LogP contribution in [-0.2, 0) is 27.4 Å². The zero-order valence-electron chi connectivity index (χ0n) is 17.3. The van der Waals surface area contributed by atoms with Crippen LogP contribution in [0.3, 0.4) is 0 Å². The molecule has 0 fully saturated rings. The number of carbonyl (C=O) groups excluding carboxylic acids is 1. The zero-order chi connectivity index (χ0) is 22.3. The lowest BCUT2D eigenvalue weighted by atomic mass is 9.89. The van der Waals surface area contributed by atoms with Gasteiger partial charge in [-0.2, -0.15) is 0 Å². The Bertz CT molecular complexity index is 1080. The van der Waals surface area contributed by atoms with Crippen molar-refractivity contribution < 1.29 is 29.0 Å². The molecule has 0 radical (unpaired) electrons. The Hall–Kier alpha value is -3.84. The van der Waals surface area contributed by atoms with Crippen molar-refractivity contribution in [2.45, 2.75) is 19.1 Å². The average molecular weight is 433 g/mol. The van der Waals surface area contributed by atoms with Crippen LogP contribution in [0.4, 0.5) is 4.79 Å². The van der Waals surface area contributed by atoms with Crippen molar-refractivity contribution in [3.63, 3.8) is 0 Å². The Morgan fingerprint density at radius 2 is 1.59 bits per heavy atom. The Balaban J connectivity index is 1.58. The predicted octanol–water partition coefficient (Wildman–Crippen LogP) is 4.37. The van der Waals surface area contributed by atoms with Crippen LogP contribution >= 0.6 is 0 Å². The van der Waals surface area contributed by atoms with Gasteiger partial charge in [0.25, 0.3) is 0 Å². The Labute approximate surface area is 185 Å². The summed E-state index contributed by atoms with van der Waals surface area (Å²) in [5.41, 5.74) is 3.65. The molecule has 32 heavy (non-hydrogen) atoms. The van der Waals surface area contributed by atoms with Gasteiger partial charge in [-0.05, 0) is 29.2 Å². The first-order valence-corrected chi connectivity index (χ1v) is 10.3. The third kappa shape index (κ3) is 5.07. The predicted molar refractivity (Wildman–Crippen MR) is 116 cm³/mol. The molecule has 0 aliphatic carbocycles. The van der Waals surface area contributed by atoms with E-state index in [0.717, 1.165) is 16.7 Å². The van der Waals surface area contributed by atoms with Gasteiger partial charge in [0, 0.05) is 12.1 Å². The van der Waals surface area contributed by atoms with E-state index < -0.39 is 24.8 Å². The van der Waals surface area contributed by atoms with Crippen LogP contribution in [0.25, 0.3) is 0 Å². The SMILES string of the molecule is O=C(O)COc1ccccc1C1c2ccccc2CCN1OC(=O)OCc1ccccc1. The summed E-state index contributed by atoms with van der Waals surface area (Å²) in [6.45, 7) is 0.0911. The van der Waals surface area contributed by atoms with Gasteiger partial charge in [0.05, 0.1) is 6.04 Å². The monoisotopic (exact) mass is 433 g/mol. The highest BCUT2D eigenvalue weighted by Gasteiger charge is 2.34. The lowest BCUT2D eigenvalue weighted by Gasteiger charge is -2.36. The minimum absolute atomic E-state index is 0.104. The number of aliphatic carboxylic acids is 1. The molecule has 0 bridgehead atoms. The highest BCUT2D eigenvalue weighted by Crippen LogP contribution is 2.39. The first kappa shape index (κ1) is 21.4. The Morgan fingerprint density at radius 3 is 2.38 bits per heavy atom. The molecule has 1 aliphatic rings. The van der Waals surface area contributed by atoms with Crippen LogP contribution in [-0.4, -0.2) is 35.4 Å². The Morgan fingerprint density at radius 1 is 0.906 bits per heavy atom. The first-order chi connectivity index (χ1) is 15.6. The van der Waals surface area contributed by atoms with E-state index in [2.05, 4.69) is 0 Å². The fourth-order valence-electron chi connectivity index (χ4n) is 3.78. The van der Waals surface area contributed by atoms with Gasteiger partial charge in [-0.25, -0.2) is 9.59 Å². The highest BCUT2D eigenvalue weighted by atomic mass is 16.8. The molecule has 4 rings (SSSR count). The Kier molecular flexibility index (Phi) is 6.67. The zero-order valence-corrected chi connectivity index (χ0v) is 17.3. The molecule has 3 aromatic carbocycles. The number of rotatable bonds is 7. The second kappa shape index (κ2) is 9.98. The van der Waals surface area contributed by atoms with Gasteiger partial charge in [-0.1, -0.05) is 72.8 Å². The number of hydrogen-bond donors (Lipinski definition) is 1. The van der Waals surface area contributed by atoms with Gasteiger partial charge in [0.2, 0.25) is 0 Å². The van der Waals surface area contributed by atoms with Crippen LogP contribution in [0, 0.1) is 0 Å². The number of fused-ring (bicyclic) bond motifs is 1. The van der Waals surface area contributed by atoms with Gasteiger partial charge in [-0.15, -0.1) is 5.06 Å². The van der Waals surface area contributed by atoms with E-state index in [1.807, 2.05) is 66.7 Å². The topological polar surface area (TPSA) is 85.3 Å². The van der Waals surface area contributed by atoms with Crippen molar-refractivity contribution in [3.8, 4) is 5.75 Å². The number of nitrogens with zero attached hydrogens (tertiary/aromatic N) is 1. The van der Waals surface area contributed by atoms with Crippen molar-refractivity contribution in [2.24, 2.45) is 0 Å². The second-order valence-electron chi connectivity index (χ2n) is 7.33. The van der Waals surface area contributed by atoms with Crippen LogP contribution in [0.1, 0.15) is 28.3 Å². The van der Waals surface area contributed by atoms with Crippen molar-refractivity contribution in [3.05, 3.63) is 101 Å². The smallest absolute Gasteiger partial charge is 0.482 e. The molecule has 1 unspecified atom stereocenters. The maximum absolute atomic E-state index is 12.5.